The highest BCUT2D eigenvalue weighted by Crippen LogP contribution is 2.47. The first-order valence-electron chi connectivity index (χ1n) is 9.65. The number of rotatable bonds is 5. The Balaban J connectivity index is 1.85. The number of para-hydroxylation sites is 1. The fraction of sp³-hybridized carbons (Fsp3) is 0.130. The van der Waals surface area contributed by atoms with Crippen molar-refractivity contribution in [2.45, 2.75) is 5.37 Å². The van der Waals surface area contributed by atoms with E-state index in [1.54, 1.807) is 18.2 Å². The number of thioether (sulfide) groups is 1. The average Bonchev–Trinajstić information content (AvgIpc) is 3.29. The van der Waals surface area contributed by atoms with Gasteiger partial charge in [0.05, 0.1) is 19.8 Å². The predicted octanol–water partition coefficient (Wildman–Crippen LogP) is 5.65. The number of carbonyl (C=O) groups is 1. The van der Waals surface area contributed by atoms with E-state index in [1.807, 2.05) is 0 Å². The molecular formula is C23H15F5N2O3S. The zero-order chi connectivity index (χ0) is 24.6. The molecule has 1 unspecified atom stereocenters. The van der Waals surface area contributed by atoms with Gasteiger partial charge in [0.2, 0.25) is 0 Å². The lowest BCUT2D eigenvalue weighted by molar-refractivity contribution is 0.0740. The standard InChI is InChI=1S/C23H15F5N2O3S/c1-32-16-5-3-4-13(20(16)33-2)23-30(29-21(34-23)11-6-8-12(24)9-7-11)22(31)14-10-15(25)18(27)19(28)17(14)26/h3-10,23H,1-2H3. The monoisotopic (exact) mass is 494 g/mol. The molecule has 0 saturated heterocycles. The van der Waals surface area contributed by atoms with Gasteiger partial charge in [-0.05, 0) is 36.4 Å². The summed E-state index contributed by atoms with van der Waals surface area (Å²) < 4.78 is 79.6. The molecule has 0 aliphatic carbocycles. The van der Waals surface area contributed by atoms with Crippen molar-refractivity contribution in [3.8, 4) is 11.5 Å². The number of carbonyl (C=O) groups excluding carboxylic acids is 1. The highest BCUT2D eigenvalue weighted by molar-refractivity contribution is 8.14. The van der Waals surface area contributed by atoms with Crippen LogP contribution in [0.4, 0.5) is 22.0 Å². The van der Waals surface area contributed by atoms with Crippen LogP contribution in [0, 0.1) is 29.1 Å². The van der Waals surface area contributed by atoms with E-state index in [1.165, 1.54) is 38.5 Å². The Morgan fingerprint density at radius 3 is 2.29 bits per heavy atom. The Morgan fingerprint density at radius 1 is 0.941 bits per heavy atom. The molecule has 1 atom stereocenters. The molecule has 0 N–H and O–H groups in total. The fourth-order valence-electron chi connectivity index (χ4n) is 3.35. The molecule has 0 fully saturated rings. The molecule has 1 amide bonds. The quantitative estimate of drug-likeness (QED) is 0.261. The highest BCUT2D eigenvalue weighted by atomic mass is 32.2. The van der Waals surface area contributed by atoms with Crippen LogP contribution >= 0.6 is 11.8 Å². The number of ether oxygens (including phenoxy) is 2. The van der Waals surface area contributed by atoms with Crippen LogP contribution in [0.2, 0.25) is 0 Å². The minimum absolute atomic E-state index is 0.242. The number of nitrogens with zero attached hydrogens (tertiary/aromatic N) is 2. The van der Waals surface area contributed by atoms with E-state index in [9.17, 15) is 26.7 Å². The molecule has 3 aromatic rings. The second-order valence-corrected chi connectivity index (χ2v) is 8.03. The summed E-state index contributed by atoms with van der Waals surface area (Å²) in [5.41, 5.74) is -0.233. The van der Waals surface area contributed by atoms with Gasteiger partial charge in [-0.2, -0.15) is 5.10 Å². The molecule has 34 heavy (non-hydrogen) atoms. The lowest BCUT2D eigenvalue weighted by Crippen LogP contribution is -2.28. The fourth-order valence-corrected chi connectivity index (χ4v) is 4.53. The van der Waals surface area contributed by atoms with Crippen molar-refractivity contribution in [2.24, 2.45) is 5.10 Å². The number of halogens is 5. The van der Waals surface area contributed by atoms with Gasteiger partial charge in [-0.15, -0.1) is 0 Å². The molecule has 1 aliphatic heterocycles. The molecule has 4 rings (SSSR count). The van der Waals surface area contributed by atoms with E-state index in [4.69, 9.17) is 9.47 Å². The summed E-state index contributed by atoms with van der Waals surface area (Å²) in [4.78, 5) is 13.2. The van der Waals surface area contributed by atoms with Crippen LogP contribution in [0.1, 0.15) is 26.9 Å². The van der Waals surface area contributed by atoms with Gasteiger partial charge in [0.1, 0.15) is 16.2 Å². The third-order valence-electron chi connectivity index (χ3n) is 4.98. The van der Waals surface area contributed by atoms with Crippen LogP contribution in [0.5, 0.6) is 11.5 Å². The molecule has 176 valence electrons. The Bertz CT molecular complexity index is 1300. The zero-order valence-corrected chi connectivity index (χ0v) is 18.4. The SMILES string of the molecule is COc1cccc(C2SC(c3ccc(F)cc3)=NN2C(=O)c2cc(F)c(F)c(F)c2F)c1OC. The van der Waals surface area contributed by atoms with E-state index in [0.717, 1.165) is 16.8 Å². The van der Waals surface area contributed by atoms with E-state index in [-0.39, 0.29) is 16.9 Å². The maximum atomic E-state index is 14.4. The molecule has 1 aliphatic rings. The summed E-state index contributed by atoms with van der Waals surface area (Å²) in [5, 5.41) is 4.27. The van der Waals surface area contributed by atoms with Gasteiger partial charge in [-0.3, -0.25) is 4.79 Å². The minimum atomic E-state index is -2.12. The summed E-state index contributed by atoms with van der Waals surface area (Å²) in [5.74, 6) is -8.88. The number of hydrogen-bond acceptors (Lipinski definition) is 5. The molecule has 0 aromatic heterocycles. The molecule has 0 bridgehead atoms. The van der Waals surface area contributed by atoms with Crippen molar-refractivity contribution < 1.29 is 36.2 Å². The van der Waals surface area contributed by atoms with Gasteiger partial charge >= 0.3 is 0 Å². The third-order valence-corrected chi connectivity index (χ3v) is 6.19. The van der Waals surface area contributed by atoms with Crippen molar-refractivity contribution in [2.75, 3.05) is 14.2 Å². The maximum absolute atomic E-state index is 14.4. The Hall–Kier alpha value is -3.60. The lowest BCUT2D eigenvalue weighted by atomic mass is 10.1. The van der Waals surface area contributed by atoms with Crippen molar-refractivity contribution in [3.63, 3.8) is 0 Å². The summed E-state index contributed by atoms with van der Waals surface area (Å²) in [6.45, 7) is 0. The van der Waals surface area contributed by atoms with E-state index < -0.39 is 45.9 Å². The highest BCUT2D eigenvalue weighted by Gasteiger charge is 2.39. The predicted molar refractivity (Wildman–Crippen MR) is 115 cm³/mol. The molecule has 1 heterocycles. The molecule has 0 saturated carbocycles. The molecule has 11 heteroatoms. The average molecular weight is 494 g/mol. The van der Waals surface area contributed by atoms with E-state index in [0.29, 0.717) is 16.9 Å². The van der Waals surface area contributed by atoms with Crippen LogP contribution in [-0.2, 0) is 0 Å². The van der Waals surface area contributed by atoms with Crippen LogP contribution in [0.3, 0.4) is 0 Å². The largest absolute Gasteiger partial charge is 0.493 e. The summed E-state index contributed by atoms with van der Waals surface area (Å²) >= 11 is 1.03. The number of amides is 1. The van der Waals surface area contributed by atoms with E-state index >= 15 is 0 Å². The Labute approximate surface area is 194 Å². The van der Waals surface area contributed by atoms with Crippen molar-refractivity contribution >= 4 is 22.7 Å². The Kier molecular flexibility index (Phi) is 6.47. The number of hydrogen-bond donors (Lipinski definition) is 0. The van der Waals surface area contributed by atoms with Crippen LogP contribution in [-0.4, -0.2) is 30.2 Å². The zero-order valence-electron chi connectivity index (χ0n) is 17.6. The molecule has 5 nitrogen and oxygen atoms in total. The van der Waals surface area contributed by atoms with E-state index in [2.05, 4.69) is 5.10 Å². The van der Waals surface area contributed by atoms with Gasteiger partial charge in [0.25, 0.3) is 5.91 Å². The van der Waals surface area contributed by atoms with Crippen LogP contribution in [0.15, 0.2) is 53.6 Å². The normalized spacial score (nSPS) is 15.3. The van der Waals surface area contributed by atoms with Crippen LogP contribution < -0.4 is 9.47 Å². The first-order valence-corrected chi connectivity index (χ1v) is 10.5. The summed E-state index contributed by atoms with van der Waals surface area (Å²) in [6, 6.07) is 10.3. The molecule has 3 aromatic carbocycles. The van der Waals surface area contributed by atoms with Gasteiger partial charge in [0, 0.05) is 11.1 Å². The number of methoxy groups -OCH3 is 2. The van der Waals surface area contributed by atoms with Crippen molar-refractivity contribution in [3.05, 3.63) is 94.3 Å². The summed E-state index contributed by atoms with van der Waals surface area (Å²) in [7, 11) is 2.78. The van der Waals surface area contributed by atoms with Gasteiger partial charge in [-0.25, -0.2) is 27.0 Å². The lowest BCUT2D eigenvalue weighted by Gasteiger charge is -2.24. The first kappa shape index (κ1) is 23.6. The van der Waals surface area contributed by atoms with Gasteiger partial charge in [-0.1, -0.05) is 23.9 Å². The number of hydrazone groups is 1. The van der Waals surface area contributed by atoms with Crippen molar-refractivity contribution in [1.29, 1.82) is 0 Å². The third kappa shape index (κ3) is 4.07. The van der Waals surface area contributed by atoms with Gasteiger partial charge < -0.3 is 9.47 Å². The molecule has 0 radical (unpaired) electrons. The van der Waals surface area contributed by atoms with Crippen LogP contribution in [0.25, 0.3) is 0 Å². The van der Waals surface area contributed by atoms with Crippen molar-refractivity contribution in [1.82, 2.24) is 5.01 Å². The minimum Gasteiger partial charge on any atom is -0.493 e. The molecular weight excluding hydrogens is 479 g/mol. The second-order valence-electron chi connectivity index (χ2n) is 6.96. The maximum Gasteiger partial charge on any atom is 0.278 e. The summed E-state index contributed by atoms with van der Waals surface area (Å²) in [6.07, 6.45) is 0. The Morgan fingerprint density at radius 2 is 1.65 bits per heavy atom. The first-order chi connectivity index (χ1) is 16.3. The number of benzene rings is 3. The smallest absolute Gasteiger partial charge is 0.278 e. The molecule has 0 spiro atoms. The topological polar surface area (TPSA) is 51.1 Å². The van der Waals surface area contributed by atoms with Gasteiger partial charge in [0.15, 0.2) is 34.8 Å². The second kappa shape index (κ2) is 9.34.